The summed E-state index contributed by atoms with van der Waals surface area (Å²) in [6.07, 6.45) is -2.86. The summed E-state index contributed by atoms with van der Waals surface area (Å²) < 4.78 is 49.8. The number of hydrazone groups is 1. The third kappa shape index (κ3) is 6.15. The minimum atomic E-state index is -4.38. The number of ether oxygens (including phenoxy) is 2. The highest BCUT2D eigenvalue weighted by Gasteiger charge is 2.29. The molecule has 0 aliphatic carbocycles. The smallest absolute Gasteiger partial charge is 0.416 e. The van der Waals surface area contributed by atoms with E-state index in [1.54, 1.807) is 18.2 Å². The molecule has 3 rings (SSSR count). The van der Waals surface area contributed by atoms with Gasteiger partial charge in [0.1, 0.15) is 6.61 Å². The van der Waals surface area contributed by atoms with Crippen LogP contribution in [0.15, 0.2) is 70.2 Å². The van der Waals surface area contributed by atoms with Crippen LogP contribution >= 0.6 is 27.5 Å². The van der Waals surface area contributed by atoms with Gasteiger partial charge in [-0.3, -0.25) is 5.43 Å². The van der Waals surface area contributed by atoms with Crippen LogP contribution in [0.2, 0.25) is 5.02 Å². The number of alkyl halides is 3. The van der Waals surface area contributed by atoms with Crippen molar-refractivity contribution in [1.82, 2.24) is 0 Å². The Hall–Kier alpha value is -2.71. The second-order valence-electron chi connectivity index (χ2n) is 6.35. The van der Waals surface area contributed by atoms with Gasteiger partial charge in [-0.1, -0.05) is 29.8 Å². The summed E-state index contributed by atoms with van der Waals surface area (Å²) in [5, 5.41) is 4.68. The summed E-state index contributed by atoms with van der Waals surface area (Å²) in [6, 6.07) is 15.4. The maximum Gasteiger partial charge on any atom is 0.416 e. The minimum absolute atomic E-state index is 0.269. The molecule has 0 saturated heterocycles. The molecule has 9 heteroatoms. The molecule has 0 amide bonds. The largest absolute Gasteiger partial charge is 0.493 e. The molecular weight excluding hydrogens is 497 g/mol. The zero-order valence-corrected chi connectivity index (χ0v) is 18.6. The van der Waals surface area contributed by atoms with Crippen LogP contribution < -0.4 is 14.9 Å². The molecule has 0 aliphatic rings. The Labute approximate surface area is 190 Å². The lowest BCUT2D eigenvalue weighted by Crippen LogP contribution is -2.04. The average molecular weight is 514 g/mol. The van der Waals surface area contributed by atoms with E-state index >= 15 is 0 Å². The molecule has 4 nitrogen and oxygen atoms in total. The van der Waals surface area contributed by atoms with Crippen molar-refractivity contribution in [3.8, 4) is 11.5 Å². The van der Waals surface area contributed by atoms with E-state index in [9.17, 15) is 13.2 Å². The zero-order valence-electron chi connectivity index (χ0n) is 16.2. The molecule has 0 unspecified atom stereocenters. The molecule has 1 N–H and O–H groups in total. The van der Waals surface area contributed by atoms with E-state index in [0.29, 0.717) is 32.2 Å². The van der Waals surface area contributed by atoms with E-state index in [-0.39, 0.29) is 6.61 Å². The first-order valence-electron chi connectivity index (χ1n) is 8.98. The van der Waals surface area contributed by atoms with Crippen molar-refractivity contribution in [2.24, 2.45) is 5.10 Å². The summed E-state index contributed by atoms with van der Waals surface area (Å²) in [7, 11) is 1.52. The molecule has 0 aliphatic heterocycles. The first-order valence-corrected chi connectivity index (χ1v) is 10.1. The van der Waals surface area contributed by atoms with E-state index in [1.807, 2.05) is 18.2 Å². The highest BCUT2D eigenvalue weighted by Crippen LogP contribution is 2.34. The van der Waals surface area contributed by atoms with Gasteiger partial charge in [0, 0.05) is 20.6 Å². The van der Waals surface area contributed by atoms with Gasteiger partial charge in [-0.05, 0) is 58.4 Å². The highest BCUT2D eigenvalue weighted by molar-refractivity contribution is 9.10. The molecule has 0 aromatic heterocycles. The molecular formula is C22H17BrClF3N2O2. The Morgan fingerprint density at radius 2 is 1.77 bits per heavy atom. The Bertz CT molecular complexity index is 1070. The van der Waals surface area contributed by atoms with Crippen molar-refractivity contribution in [1.29, 1.82) is 0 Å². The molecule has 0 bridgehead atoms. The number of nitrogens with one attached hydrogen (secondary N) is 1. The fourth-order valence-corrected chi connectivity index (χ4v) is 3.22. The number of methoxy groups -OCH3 is 1. The molecule has 0 saturated carbocycles. The van der Waals surface area contributed by atoms with E-state index in [1.165, 1.54) is 25.5 Å². The van der Waals surface area contributed by atoms with Crippen molar-refractivity contribution < 1.29 is 22.6 Å². The molecule has 0 heterocycles. The third-order valence-electron chi connectivity index (χ3n) is 4.23. The standard InChI is InChI=1S/C22H17BrClF3N2O2/c1-30-20-10-15(12-28-29-17-8-6-16(7-9-17)22(25,26)27)18(23)11-21(20)31-13-14-4-2-3-5-19(14)24/h2-12,29H,13H2,1H3/b28-12+. The van der Waals surface area contributed by atoms with E-state index in [4.69, 9.17) is 21.1 Å². The predicted octanol–water partition coefficient (Wildman–Crippen LogP) is 7.15. The van der Waals surface area contributed by atoms with Crippen LogP contribution in [-0.2, 0) is 12.8 Å². The Kier molecular flexibility index (Phi) is 7.46. The fourth-order valence-electron chi connectivity index (χ4n) is 2.60. The summed E-state index contributed by atoms with van der Waals surface area (Å²) >= 11 is 9.62. The topological polar surface area (TPSA) is 42.8 Å². The minimum Gasteiger partial charge on any atom is -0.493 e. The number of halogens is 5. The van der Waals surface area contributed by atoms with Crippen LogP contribution in [0, 0.1) is 0 Å². The monoisotopic (exact) mass is 512 g/mol. The summed E-state index contributed by atoms with van der Waals surface area (Å²) in [5.74, 6) is 1.01. The van der Waals surface area contributed by atoms with Gasteiger partial charge in [-0.2, -0.15) is 18.3 Å². The van der Waals surface area contributed by atoms with Crippen molar-refractivity contribution in [3.63, 3.8) is 0 Å². The van der Waals surface area contributed by atoms with E-state index in [2.05, 4.69) is 26.5 Å². The molecule has 0 atom stereocenters. The maximum absolute atomic E-state index is 12.6. The molecule has 31 heavy (non-hydrogen) atoms. The summed E-state index contributed by atoms with van der Waals surface area (Å²) in [6.45, 7) is 0.269. The molecule has 0 fully saturated rings. The van der Waals surface area contributed by atoms with Crippen molar-refractivity contribution in [2.75, 3.05) is 12.5 Å². The van der Waals surface area contributed by atoms with Crippen molar-refractivity contribution in [3.05, 3.63) is 86.8 Å². The zero-order chi connectivity index (χ0) is 22.4. The quantitative estimate of drug-likeness (QED) is 0.269. The van der Waals surface area contributed by atoms with Gasteiger partial charge >= 0.3 is 6.18 Å². The lowest BCUT2D eigenvalue weighted by molar-refractivity contribution is -0.137. The van der Waals surface area contributed by atoms with Crippen molar-refractivity contribution in [2.45, 2.75) is 12.8 Å². The Balaban J connectivity index is 1.70. The number of nitrogens with zero attached hydrogens (tertiary/aromatic N) is 1. The summed E-state index contributed by atoms with van der Waals surface area (Å²) in [4.78, 5) is 0. The van der Waals surface area contributed by atoms with Crippen LogP contribution in [-0.4, -0.2) is 13.3 Å². The molecule has 0 radical (unpaired) electrons. The van der Waals surface area contributed by atoms with Gasteiger partial charge in [0.15, 0.2) is 11.5 Å². The molecule has 162 valence electrons. The Morgan fingerprint density at radius 1 is 1.06 bits per heavy atom. The van der Waals surface area contributed by atoms with Gasteiger partial charge < -0.3 is 9.47 Å². The number of hydrogen-bond acceptors (Lipinski definition) is 4. The third-order valence-corrected chi connectivity index (χ3v) is 5.29. The first-order chi connectivity index (χ1) is 14.8. The number of hydrogen-bond donors (Lipinski definition) is 1. The number of anilines is 1. The van der Waals surface area contributed by atoms with Gasteiger partial charge in [0.25, 0.3) is 0 Å². The molecule has 3 aromatic carbocycles. The normalized spacial score (nSPS) is 11.5. The van der Waals surface area contributed by atoms with E-state index < -0.39 is 11.7 Å². The second kappa shape index (κ2) is 10.1. The van der Waals surface area contributed by atoms with Gasteiger partial charge in [-0.15, -0.1) is 0 Å². The van der Waals surface area contributed by atoms with Gasteiger partial charge in [0.05, 0.1) is 24.6 Å². The maximum atomic E-state index is 12.6. The number of benzene rings is 3. The van der Waals surface area contributed by atoms with E-state index in [0.717, 1.165) is 17.7 Å². The van der Waals surface area contributed by atoms with Crippen molar-refractivity contribution >= 4 is 39.4 Å². The van der Waals surface area contributed by atoms with Crippen LogP contribution in [0.25, 0.3) is 0 Å². The van der Waals surface area contributed by atoms with Crippen LogP contribution in [0.3, 0.4) is 0 Å². The summed E-state index contributed by atoms with van der Waals surface area (Å²) in [5.41, 5.74) is 3.92. The van der Waals surface area contributed by atoms with Crippen LogP contribution in [0.5, 0.6) is 11.5 Å². The van der Waals surface area contributed by atoms with Gasteiger partial charge in [0.2, 0.25) is 0 Å². The van der Waals surface area contributed by atoms with Crippen LogP contribution in [0.1, 0.15) is 16.7 Å². The molecule has 0 spiro atoms. The number of rotatable bonds is 7. The second-order valence-corrected chi connectivity index (χ2v) is 7.61. The molecule has 3 aromatic rings. The lowest BCUT2D eigenvalue weighted by Gasteiger charge is -2.13. The van der Waals surface area contributed by atoms with Crippen LogP contribution in [0.4, 0.5) is 18.9 Å². The predicted molar refractivity (Wildman–Crippen MR) is 119 cm³/mol. The lowest BCUT2D eigenvalue weighted by atomic mass is 10.2. The SMILES string of the molecule is COc1cc(/C=N/Nc2ccc(C(F)(F)F)cc2)c(Br)cc1OCc1ccccc1Cl. The Morgan fingerprint density at radius 3 is 2.42 bits per heavy atom. The van der Waals surface area contributed by atoms with Gasteiger partial charge in [-0.25, -0.2) is 0 Å². The first kappa shape index (κ1) is 23.0. The average Bonchev–Trinajstić information content (AvgIpc) is 2.74. The highest BCUT2D eigenvalue weighted by atomic mass is 79.9. The fraction of sp³-hybridized carbons (Fsp3) is 0.136.